The second kappa shape index (κ2) is 4.87. The maximum atomic E-state index is 11.7. The molecule has 6 heteroatoms. The van der Waals surface area contributed by atoms with Crippen LogP contribution in [-0.4, -0.2) is 27.7 Å². The smallest absolute Gasteiger partial charge is 0.345 e. The van der Waals surface area contributed by atoms with Crippen LogP contribution in [0.25, 0.3) is 0 Å². The van der Waals surface area contributed by atoms with Crippen molar-refractivity contribution in [3.63, 3.8) is 0 Å². The van der Waals surface area contributed by atoms with E-state index in [2.05, 4.69) is 5.10 Å². The Morgan fingerprint density at radius 2 is 2.22 bits per heavy atom. The standard InChI is InChI=1S/C12H13N3O3/c1-14-8-13-15(12(14)17)6-10-5-9(7-16)3-4-11(10)18-2/h3-5,7-8H,6H2,1-2H3. The van der Waals surface area contributed by atoms with Crippen molar-refractivity contribution in [2.45, 2.75) is 6.54 Å². The zero-order chi connectivity index (χ0) is 13.1. The summed E-state index contributed by atoms with van der Waals surface area (Å²) in [4.78, 5) is 22.4. The van der Waals surface area contributed by atoms with Crippen LogP contribution >= 0.6 is 0 Å². The second-order valence-corrected chi connectivity index (χ2v) is 3.87. The van der Waals surface area contributed by atoms with Gasteiger partial charge in [-0.25, -0.2) is 9.48 Å². The van der Waals surface area contributed by atoms with Crippen LogP contribution in [0.4, 0.5) is 0 Å². The highest BCUT2D eigenvalue weighted by atomic mass is 16.5. The van der Waals surface area contributed by atoms with Crippen molar-refractivity contribution < 1.29 is 9.53 Å². The Hall–Kier alpha value is -2.37. The van der Waals surface area contributed by atoms with Crippen molar-refractivity contribution in [1.29, 1.82) is 0 Å². The lowest BCUT2D eigenvalue weighted by Crippen LogP contribution is -2.23. The number of carbonyl (C=O) groups is 1. The van der Waals surface area contributed by atoms with Gasteiger partial charge in [0.2, 0.25) is 0 Å². The molecule has 2 rings (SSSR count). The van der Waals surface area contributed by atoms with E-state index < -0.39 is 0 Å². The first kappa shape index (κ1) is 12.1. The minimum atomic E-state index is -0.214. The average molecular weight is 247 g/mol. The van der Waals surface area contributed by atoms with Gasteiger partial charge < -0.3 is 4.74 Å². The van der Waals surface area contributed by atoms with Gasteiger partial charge in [0.1, 0.15) is 18.4 Å². The molecule has 0 aliphatic carbocycles. The fraction of sp³-hybridized carbons (Fsp3) is 0.250. The molecule has 1 aromatic heterocycles. The number of rotatable bonds is 4. The van der Waals surface area contributed by atoms with E-state index >= 15 is 0 Å². The van der Waals surface area contributed by atoms with Crippen molar-refractivity contribution in [3.8, 4) is 5.75 Å². The van der Waals surface area contributed by atoms with Gasteiger partial charge in [-0.1, -0.05) is 0 Å². The highest BCUT2D eigenvalue weighted by molar-refractivity contribution is 5.75. The molecule has 1 heterocycles. The summed E-state index contributed by atoms with van der Waals surface area (Å²) in [6, 6.07) is 5.05. The minimum Gasteiger partial charge on any atom is -0.496 e. The van der Waals surface area contributed by atoms with Gasteiger partial charge in [0, 0.05) is 18.2 Å². The Balaban J connectivity index is 2.41. The van der Waals surface area contributed by atoms with E-state index in [1.165, 1.54) is 15.6 Å². The van der Waals surface area contributed by atoms with Gasteiger partial charge in [-0.2, -0.15) is 5.10 Å². The van der Waals surface area contributed by atoms with E-state index in [4.69, 9.17) is 4.74 Å². The Morgan fingerprint density at radius 1 is 1.44 bits per heavy atom. The molecule has 6 nitrogen and oxygen atoms in total. The number of aldehydes is 1. The summed E-state index contributed by atoms with van der Waals surface area (Å²) in [5.74, 6) is 0.623. The summed E-state index contributed by atoms with van der Waals surface area (Å²) in [5, 5.41) is 3.96. The molecule has 2 aromatic rings. The SMILES string of the molecule is COc1ccc(C=O)cc1Cn1ncn(C)c1=O. The molecule has 0 unspecified atom stereocenters. The van der Waals surface area contributed by atoms with Gasteiger partial charge in [-0.15, -0.1) is 0 Å². The first-order valence-electron chi connectivity index (χ1n) is 5.36. The summed E-state index contributed by atoms with van der Waals surface area (Å²) in [6.07, 6.45) is 2.20. The molecule has 0 atom stereocenters. The predicted octanol–water partition coefficient (Wildman–Crippen LogP) is 0.451. The van der Waals surface area contributed by atoms with Crippen LogP contribution in [-0.2, 0) is 13.6 Å². The third-order valence-electron chi connectivity index (χ3n) is 2.65. The number of hydrogen-bond acceptors (Lipinski definition) is 4. The van der Waals surface area contributed by atoms with Gasteiger partial charge in [0.25, 0.3) is 0 Å². The van der Waals surface area contributed by atoms with E-state index in [0.29, 0.717) is 11.3 Å². The van der Waals surface area contributed by atoms with Crippen LogP contribution in [0.3, 0.4) is 0 Å². The quantitative estimate of drug-likeness (QED) is 0.736. The molecule has 18 heavy (non-hydrogen) atoms. The number of aryl methyl sites for hydroxylation is 1. The van der Waals surface area contributed by atoms with Gasteiger partial charge >= 0.3 is 5.69 Å². The molecule has 0 amide bonds. The number of methoxy groups -OCH3 is 1. The van der Waals surface area contributed by atoms with Crippen molar-refractivity contribution >= 4 is 6.29 Å². The number of carbonyl (C=O) groups excluding carboxylic acids is 1. The highest BCUT2D eigenvalue weighted by Crippen LogP contribution is 2.19. The Bertz CT molecular complexity index is 628. The van der Waals surface area contributed by atoms with Crippen molar-refractivity contribution in [1.82, 2.24) is 14.3 Å². The first-order valence-corrected chi connectivity index (χ1v) is 5.36. The molecular formula is C12H13N3O3. The van der Waals surface area contributed by atoms with Gasteiger partial charge in [0.05, 0.1) is 13.7 Å². The molecule has 0 aliphatic heterocycles. The third kappa shape index (κ3) is 2.17. The Labute approximate surface area is 103 Å². The summed E-state index contributed by atoms with van der Waals surface area (Å²) < 4.78 is 7.89. The molecule has 0 saturated heterocycles. The summed E-state index contributed by atoms with van der Waals surface area (Å²) >= 11 is 0. The molecule has 0 N–H and O–H groups in total. The van der Waals surface area contributed by atoms with Gasteiger partial charge in [-0.3, -0.25) is 9.36 Å². The predicted molar refractivity (Wildman–Crippen MR) is 65.0 cm³/mol. The maximum absolute atomic E-state index is 11.7. The molecule has 0 radical (unpaired) electrons. The van der Waals surface area contributed by atoms with E-state index in [1.807, 2.05) is 0 Å². The number of ether oxygens (including phenoxy) is 1. The normalized spacial score (nSPS) is 10.3. The fourth-order valence-electron chi connectivity index (χ4n) is 1.69. The lowest BCUT2D eigenvalue weighted by atomic mass is 10.1. The van der Waals surface area contributed by atoms with Crippen LogP contribution in [0.15, 0.2) is 29.3 Å². The molecule has 0 aliphatic rings. The minimum absolute atomic E-state index is 0.214. The lowest BCUT2D eigenvalue weighted by molar-refractivity contribution is 0.112. The van der Waals surface area contributed by atoms with Crippen LogP contribution < -0.4 is 10.4 Å². The molecule has 94 valence electrons. The number of aromatic nitrogens is 3. The zero-order valence-electron chi connectivity index (χ0n) is 10.2. The average Bonchev–Trinajstić information content (AvgIpc) is 2.70. The second-order valence-electron chi connectivity index (χ2n) is 3.87. The summed E-state index contributed by atoms with van der Waals surface area (Å²) in [5.41, 5.74) is 1.06. The third-order valence-corrected chi connectivity index (χ3v) is 2.65. The topological polar surface area (TPSA) is 66.1 Å². The van der Waals surface area contributed by atoms with Crippen LogP contribution in [0.5, 0.6) is 5.75 Å². The molecule has 0 bridgehead atoms. The zero-order valence-corrected chi connectivity index (χ0v) is 10.2. The van der Waals surface area contributed by atoms with Gasteiger partial charge in [0.15, 0.2) is 0 Å². The number of benzene rings is 1. The molecule has 1 aromatic carbocycles. The maximum Gasteiger partial charge on any atom is 0.345 e. The largest absolute Gasteiger partial charge is 0.496 e. The van der Waals surface area contributed by atoms with Crippen molar-refractivity contribution in [3.05, 3.63) is 46.1 Å². The molecule has 0 spiro atoms. The van der Waals surface area contributed by atoms with Gasteiger partial charge in [-0.05, 0) is 18.2 Å². The van der Waals surface area contributed by atoms with Crippen molar-refractivity contribution in [2.75, 3.05) is 7.11 Å². The highest BCUT2D eigenvalue weighted by Gasteiger charge is 2.08. The van der Waals surface area contributed by atoms with Crippen LogP contribution in [0.2, 0.25) is 0 Å². The lowest BCUT2D eigenvalue weighted by Gasteiger charge is -2.08. The fourth-order valence-corrected chi connectivity index (χ4v) is 1.69. The van der Waals surface area contributed by atoms with E-state index in [0.717, 1.165) is 11.8 Å². The Kier molecular flexibility index (Phi) is 3.27. The van der Waals surface area contributed by atoms with E-state index in [-0.39, 0.29) is 12.2 Å². The number of nitrogens with zero attached hydrogens (tertiary/aromatic N) is 3. The number of hydrogen-bond donors (Lipinski definition) is 0. The Morgan fingerprint density at radius 3 is 2.78 bits per heavy atom. The van der Waals surface area contributed by atoms with E-state index in [9.17, 15) is 9.59 Å². The van der Waals surface area contributed by atoms with Crippen LogP contribution in [0.1, 0.15) is 15.9 Å². The monoisotopic (exact) mass is 247 g/mol. The molecular weight excluding hydrogens is 234 g/mol. The van der Waals surface area contributed by atoms with Crippen LogP contribution in [0, 0.1) is 0 Å². The summed E-state index contributed by atoms with van der Waals surface area (Å²) in [7, 11) is 3.17. The van der Waals surface area contributed by atoms with Crippen molar-refractivity contribution in [2.24, 2.45) is 7.05 Å². The molecule has 0 fully saturated rings. The van der Waals surface area contributed by atoms with E-state index in [1.54, 1.807) is 32.4 Å². The molecule has 0 saturated carbocycles. The summed E-state index contributed by atoms with van der Waals surface area (Å²) in [6.45, 7) is 0.268. The first-order chi connectivity index (χ1) is 8.65.